The van der Waals surface area contributed by atoms with Crippen molar-refractivity contribution >= 4 is 31.3 Å². The van der Waals surface area contributed by atoms with E-state index in [1.165, 1.54) is 6.92 Å². The molecule has 0 saturated heterocycles. The van der Waals surface area contributed by atoms with Crippen molar-refractivity contribution in [2.75, 3.05) is 5.32 Å². The molecule has 1 aromatic rings. The van der Waals surface area contributed by atoms with E-state index in [1.807, 2.05) is 4.98 Å². The minimum atomic E-state index is -4.02. The first-order valence-electron chi connectivity index (χ1n) is 3.75. The summed E-state index contributed by atoms with van der Waals surface area (Å²) in [6.07, 6.45) is 0. The maximum Gasteiger partial charge on any atom is 0.276 e. The highest BCUT2D eigenvalue weighted by molar-refractivity contribution is 8.13. The third-order valence-electron chi connectivity index (χ3n) is 1.40. The van der Waals surface area contributed by atoms with Gasteiger partial charge in [0.2, 0.25) is 5.91 Å². The second-order valence-corrected chi connectivity index (χ2v) is 5.25. The van der Waals surface area contributed by atoms with E-state index in [0.29, 0.717) is 0 Å². The first-order chi connectivity index (χ1) is 6.79. The lowest BCUT2D eigenvalue weighted by atomic mass is 10.4. The molecule has 82 valence electrons. The van der Waals surface area contributed by atoms with Crippen LogP contribution in [-0.2, 0) is 13.8 Å². The first kappa shape index (κ1) is 11.7. The molecule has 0 fully saturated rings. The Morgan fingerprint density at radius 3 is 2.53 bits per heavy atom. The molecule has 8 heteroatoms. The van der Waals surface area contributed by atoms with E-state index >= 15 is 0 Å². The van der Waals surface area contributed by atoms with Crippen molar-refractivity contribution in [3.05, 3.63) is 22.5 Å². The summed E-state index contributed by atoms with van der Waals surface area (Å²) in [6, 6.07) is 2.11. The third kappa shape index (κ3) is 3.37. The largest absolute Gasteiger partial charge is 0.326 e. The Morgan fingerprint density at radius 2 is 2.07 bits per heavy atom. The smallest absolute Gasteiger partial charge is 0.276 e. The maximum absolute atomic E-state index is 11.0. The molecule has 15 heavy (non-hydrogen) atoms. The molecule has 1 amide bonds. The van der Waals surface area contributed by atoms with Crippen LogP contribution in [0.4, 0.5) is 5.69 Å². The number of carbonyl (C=O) groups is 1. The van der Waals surface area contributed by atoms with Gasteiger partial charge in [0.05, 0.1) is 0 Å². The van der Waals surface area contributed by atoms with Crippen LogP contribution in [0.25, 0.3) is 0 Å². The zero-order valence-electron chi connectivity index (χ0n) is 7.57. The number of nitrogens with one attached hydrogen (secondary N) is 2. The van der Waals surface area contributed by atoms with Gasteiger partial charge in [-0.15, -0.1) is 0 Å². The third-order valence-corrected chi connectivity index (χ3v) is 2.65. The maximum atomic E-state index is 11.0. The number of pyridine rings is 1. The van der Waals surface area contributed by atoms with Gasteiger partial charge in [0.1, 0.15) is 0 Å². The molecule has 1 aromatic heterocycles. The quantitative estimate of drug-likeness (QED) is 0.736. The number of hydrogen-bond donors (Lipinski definition) is 2. The molecule has 0 radical (unpaired) electrons. The van der Waals surface area contributed by atoms with Crippen LogP contribution in [0, 0.1) is 0 Å². The Balaban J connectivity index is 3.29. The van der Waals surface area contributed by atoms with E-state index in [0.717, 1.165) is 12.1 Å². The number of H-pyrrole nitrogens is 1. The van der Waals surface area contributed by atoms with Gasteiger partial charge >= 0.3 is 0 Å². The monoisotopic (exact) mass is 250 g/mol. The van der Waals surface area contributed by atoms with Crippen molar-refractivity contribution in [2.45, 2.75) is 11.9 Å². The fourth-order valence-corrected chi connectivity index (χ4v) is 1.66. The van der Waals surface area contributed by atoms with E-state index in [-0.39, 0.29) is 5.69 Å². The summed E-state index contributed by atoms with van der Waals surface area (Å²) in [5, 5.41) is 1.82. The molecule has 0 aliphatic heterocycles. The molecule has 2 N–H and O–H groups in total. The SMILES string of the molecule is CC(=O)Nc1cc(S(=O)(=O)Cl)[nH]c(=O)c1. The highest BCUT2D eigenvalue weighted by atomic mass is 35.7. The van der Waals surface area contributed by atoms with Gasteiger partial charge in [-0.1, -0.05) is 0 Å². The van der Waals surface area contributed by atoms with Gasteiger partial charge in [-0.05, 0) is 6.07 Å². The second-order valence-electron chi connectivity index (χ2n) is 2.72. The van der Waals surface area contributed by atoms with Crippen molar-refractivity contribution in [3.63, 3.8) is 0 Å². The molecule has 0 aromatic carbocycles. The van der Waals surface area contributed by atoms with Crippen molar-refractivity contribution in [1.29, 1.82) is 0 Å². The summed E-state index contributed by atoms with van der Waals surface area (Å²) < 4.78 is 21.8. The fourth-order valence-electron chi connectivity index (χ4n) is 0.925. The Hall–Kier alpha value is -1.34. The van der Waals surface area contributed by atoms with E-state index in [2.05, 4.69) is 5.32 Å². The molecule has 6 nitrogen and oxygen atoms in total. The van der Waals surface area contributed by atoms with Crippen molar-refractivity contribution < 1.29 is 13.2 Å². The van der Waals surface area contributed by atoms with Crippen LogP contribution < -0.4 is 10.9 Å². The lowest BCUT2D eigenvalue weighted by Gasteiger charge is -2.02. The first-order valence-corrected chi connectivity index (χ1v) is 6.06. The van der Waals surface area contributed by atoms with Crippen LogP contribution in [0.2, 0.25) is 0 Å². The van der Waals surface area contributed by atoms with E-state index < -0.39 is 25.5 Å². The Kier molecular flexibility index (Phi) is 3.15. The molecule has 0 aliphatic rings. The average Bonchev–Trinajstić information content (AvgIpc) is 1.99. The molecule has 0 aliphatic carbocycles. The zero-order valence-corrected chi connectivity index (χ0v) is 9.15. The standard InChI is InChI=1S/C7H7ClN2O4S/c1-4(11)9-5-2-6(12)10-7(3-5)15(8,13)14/h2-3H,1H3,(H2,9,10,11,12). The summed E-state index contributed by atoms with van der Waals surface area (Å²) in [5.74, 6) is -0.418. The number of aromatic amines is 1. The van der Waals surface area contributed by atoms with Crippen molar-refractivity contribution in [1.82, 2.24) is 4.98 Å². The Morgan fingerprint density at radius 1 is 1.47 bits per heavy atom. The summed E-state index contributed by atoms with van der Waals surface area (Å²) in [5.41, 5.74) is -0.592. The second kappa shape index (κ2) is 4.03. The van der Waals surface area contributed by atoms with E-state index in [9.17, 15) is 18.0 Å². The van der Waals surface area contributed by atoms with Gasteiger partial charge in [-0.3, -0.25) is 9.59 Å². The van der Waals surface area contributed by atoms with Crippen LogP contribution in [0.5, 0.6) is 0 Å². The number of carbonyl (C=O) groups excluding carboxylic acids is 1. The molecular weight excluding hydrogens is 244 g/mol. The number of rotatable bonds is 2. The van der Waals surface area contributed by atoms with Gasteiger partial charge in [0, 0.05) is 29.4 Å². The highest BCUT2D eigenvalue weighted by Crippen LogP contribution is 2.14. The van der Waals surface area contributed by atoms with Crippen molar-refractivity contribution in [2.24, 2.45) is 0 Å². The predicted molar refractivity (Wildman–Crippen MR) is 54.4 cm³/mol. The van der Waals surface area contributed by atoms with Crippen LogP contribution in [-0.4, -0.2) is 19.3 Å². The van der Waals surface area contributed by atoms with Crippen LogP contribution >= 0.6 is 10.7 Å². The Labute approximate surface area is 89.7 Å². The molecular formula is C7H7ClN2O4S. The lowest BCUT2D eigenvalue weighted by Crippen LogP contribution is -2.14. The number of anilines is 1. The molecule has 1 heterocycles. The molecule has 0 unspecified atom stereocenters. The summed E-state index contributed by atoms with van der Waals surface area (Å²) >= 11 is 0. The number of amides is 1. The van der Waals surface area contributed by atoms with Crippen LogP contribution in [0.1, 0.15) is 6.92 Å². The van der Waals surface area contributed by atoms with Gasteiger partial charge in [-0.2, -0.15) is 0 Å². The number of hydrogen-bond acceptors (Lipinski definition) is 4. The summed E-state index contributed by atoms with van der Waals surface area (Å²) in [4.78, 5) is 23.7. The van der Waals surface area contributed by atoms with Crippen LogP contribution in [0.3, 0.4) is 0 Å². The van der Waals surface area contributed by atoms with Gasteiger partial charge < -0.3 is 10.3 Å². The summed E-state index contributed by atoms with van der Waals surface area (Å²) in [6.45, 7) is 1.23. The topological polar surface area (TPSA) is 96.1 Å². The van der Waals surface area contributed by atoms with Gasteiger partial charge in [0.25, 0.3) is 14.6 Å². The zero-order chi connectivity index (χ0) is 11.6. The Bertz CT molecular complexity index is 548. The molecule has 0 saturated carbocycles. The van der Waals surface area contributed by atoms with E-state index in [1.54, 1.807) is 0 Å². The normalized spacial score (nSPS) is 11.1. The van der Waals surface area contributed by atoms with E-state index in [4.69, 9.17) is 10.7 Å². The molecule has 1 rings (SSSR count). The average molecular weight is 251 g/mol. The number of halogens is 1. The summed E-state index contributed by atoms with van der Waals surface area (Å²) in [7, 11) is 1.01. The fraction of sp³-hybridized carbons (Fsp3) is 0.143. The highest BCUT2D eigenvalue weighted by Gasteiger charge is 2.12. The number of aromatic nitrogens is 1. The molecule has 0 atom stereocenters. The van der Waals surface area contributed by atoms with Crippen molar-refractivity contribution in [3.8, 4) is 0 Å². The lowest BCUT2D eigenvalue weighted by molar-refractivity contribution is -0.114. The minimum Gasteiger partial charge on any atom is -0.326 e. The predicted octanol–water partition coefficient (Wildman–Crippen LogP) is 0.261. The van der Waals surface area contributed by atoms with Gasteiger partial charge in [-0.25, -0.2) is 8.42 Å². The van der Waals surface area contributed by atoms with Crippen LogP contribution in [0.15, 0.2) is 22.0 Å². The minimum absolute atomic E-state index is 0.0745. The molecule has 0 spiro atoms. The molecule has 0 bridgehead atoms. The van der Waals surface area contributed by atoms with Gasteiger partial charge in [0.15, 0.2) is 5.03 Å².